The molecule has 21 heavy (non-hydrogen) atoms. The molecule has 1 aliphatic heterocycles. The van der Waals surface area contributed by atoms with E-state index in [-0.39, 0.29) is 5.78 Å². The summed E-state index contributed by atoms with van der Waals surface area (Å²) in [5, 5.41) is 0. The molecule has 0 N–H and O–H groups in total. The van der Waals surface area contributed by atoms with Crippen molar-refractivity contribution < 1.29 is 14.3 Å². The average molecular weight is 283 g/mol. The van der Waals surface area contributed by atoms with Crippen LogP contribution in [-0.4, -0.2) is 26.5 Å². The first-order chi connectivity index (χ1) is 10.2. The minimum atomic E-state index is 0.191. The van der Waals surface area contributed by atoms with Gasteiger partial charge in [-0.15, -0.1) is 0 Å². The van der Waals surface area contributed by atoms with Gasteiger partial charge in [0.2, 0.25) is 0 Å². The third-order valence-corrected chi connectivity index (χ3v) is 3.71. The largest absolute Gasteiger partial charge is 0.497 e. The number of para-hydroxylation sites is 1. The van der Waals surface area contributed by atoms with Gasteiger partial charge in [-0.05, 0) is 12.1 Å². The Labute approximate surface area is 123 Å². The molecular formula is C17H17NO3. The Bertz CT molecular complexity index is 659. The molecular weight excluding hydrogens is 266 g/mol. The number of rotatable bonds is 3. The van der Waals surface area contributed by atoms with Crippen molar-refractivity contribution in [3.63, 3.8) is 0 Å². The lowest BCUT2D eigenvalue weighted by atomic mass is 10.00. The summed E-state index contributed by atoms with van der Waals surface area (Å²) < 4.78 is 10.6. The van der Waals surface area contributed by atoms with Crippen molar-refractivity contribution in [1.29, 1.82) is 0 Å². The number of hydrogen-bond donors (Lipinski definition) is 0. The Hall–Kier alpha value is -2.49. The van der Waals surface area contributed by atoms with E-state index in [0.29, 0.717) is 13.0 Å². The fourth-order valence-corrected chi connectivity index (χ4v) is 2.63. The second-order valence-electron chi connectivity index (χ2n) is 4.91. The van der Waals surface area contributed by atoms with Crippen LogP contribution in [-0.2, 0) is 0 Å². The van der Waals surface area contributed by atoms with Gasteiger partial charge in [0.05, 0.1) is 19.9 Å². The minimum absolute atomic E-state index is 0.191. The molecule has 1 heterocycles. The van der Waals surface area contributed by atoms with Gasteiger partial charge in [0.25, 0.3) is 0 Å². The highest BCUT2D eigenvalue weighted by Gasteiger charge is 2.24. The summed E-state index contributed by atoms with van der Waals surface area (Å²) in [4.78, 5) is 14.2. The first kappa shape index (κ1) is 13.5. The van der Waals surface area contributed by atoms with E-state index in [1.807, 2.05) is 42.5 Å². The smallest absolute Gasteiger partial charge is 0.166 e. The number of ether oxygens (including phenoxy) is 2. The summed E-state index contributed by atoms with van der Waals surface area (Å²) in [6.45, 7) is 0.659. The molecule has 1 aliphatic rings. The lowest BCUT2D eigenvalue weighted by molar-refractivity contribution is 0.0981. The van der Waals surface area contributed by atoms with Gasteiger partial charge in [0.1, 0.15) is 11.5 Å². The van der Waals surface area contributed by atoms with Crippen LogP contribution in [0.5, 0.6) is 11.5 Å². The number of carbonyl (C=O) groups is 1. The third-order valence-electron chi connectivity index (χ3n) is 3.71. The Balaban J connectivity index is 2.09. The number of benzene rings is 2. The zero-order valence-electron chi connectivity index (χ0n) is 12.1. The molecule has 0 bridgehead atoms. The Morgan fingerprint density at radius 2 is 1.67 bits per heavy atom. The summed E-state index contributed by atoms with van der Waals surface area (Å²) in [6, 6.07) is 13.4. The van der Waals surface area contributed by atoms with Crippen molar-refractivity contribution in [2.45, 2.75) is 6.42 Å². The summed E-state index contributed by atoms with van der Waals surface area (Å²) in [5.74, 6) is 1.66. The van der Waals surface area contributed by atoms with E-state index in [1.54, 1.807) is 14.2 Å². The maximum atomic E-state index is 12.0. The lowest BCUT2D eigenvalue weighted by Gasteiger charge is -2.31. The van der Waals surface area contributed by atoms with Crippen molar-refractivity contribution in [3.05, 3.63) is 48.0 Å². The number of methoxy groups -OCH3 is 2. The molecule has 0 saturated heterocycles. The first-order valence-corrected chi connectivity index (χ1v) is 6.86. The quantitative estimate of drug-likeness (QED) is 0.865. The van der Waals surface area contributed by atoms with E-state index >= 15 is 0 Å². The summed E-state index contributed by atoms with van der Waals surface area (Å²) in [5.41, 5.74) is 2.67. The van der Waals surface area contributed by atoms with Crippen LogP contribution in [0.4, 0.5) is 11.4 Å². The molecule has 0 unspecified atom stereocenters. The molecule has 108 valence electrons. The van der Waals surface area contributed by atoms with Crippen molar-refractivity contribution in [3.8, 4) is 11.5 Å². The highest BCUT2D eigenvalue weighted by atomic mass is 16.5. The molecule has 0 aromatic heterocycles. The van der Waals surface area contributed by atoms with E-state index in [9.17, 15) is 4.79 Å². The number of ketones is 1. The molecule has 2 aromatic rings. The molecule has 0 atom stereocenters. The van der Waals surface area contributed by atoms with Gasteiger partial charge in [-0.3, -0.25) is 4.79 Å². The van der Waals surface area contributed by atoms with Crippen LogP contribution in [0.3, 0.4) is 0 Å². The minimum Gasteiger partial charge on any atom is -0.497 e. The summed E-state index contributed by atoms with van der Waals surface area (Å²) >= 11 is 0. The predicted molar refractivity (Wildman–Crippen MR) is 81.9 cm³/mol. The van der Waals surface area contributed by atoms with Gasteiger partial charge in [-0.1, -0.05) is 12.1 Å². The predicted octanol–water partition coefficient (Wildman–Crippen LogP) is 3.43. The van der Waals surface area contributed by atoms with E-state index < -0.39 is 0 Å². The van der Waals surface area contributed by atoms with Gasteiger partial charge < -0.3 is 14.4 Å². The van der Waals surface area contributed by atoms with Crippen LogP contribution in [0.1, 0.15) is 16.8 Å². The monoisotopic (exact) mass is 283 g/mol. The Morgan fingerprint density at radius 3 is 2.33 bits per heavy atom. The van der Waals surface area contributed by atoms with Gasteiger partial charge in [0, 0.05) is 42.4 Å². The molecule has 3 rings (SSSR count). The number of nitrogens with zero attached hydrogens (tertiary/aromatic N) is 1. The van der Waals surface area contributed by atoms with Crippen molar-refractivity contribution in [1.82, 2.24) is 0 Å². The normalized spacial score (nSPS) is 13.8. The van der Waals surface area contributed by atoms with Crippen molar-refractivity contribution >= 4 is 17.2 Å². The highest BCUT2D eigenvalue weighted by Crippen LogP contribution is 2.37. The van der Waals surface area contributed by atoms with Crippen molar-refractivity contribution in [2.24, 2.45) is 0 Å². The molecule has 4 nitrogen and oxygen atoms in total. The van der Waals surface area contributed by atoms with E-state index in [2.05, 4.69) is 4.90 Å². The number of fused-ring (bicyclic) bond motifs is 1. The molecule has 4 heteroatoms. The molecule has 0 radical (unpaired) electrons. The van der Waals surface area contributed by atoms with Crippen LogP contribution in [0.25, 0.3) is 0 Å². The molecule has 0 aliphatic carbocycles. The highest BCUT2D eigenvalue weighted by molar-refractivity contribution is 6.04. The average Bonchev–Trinajstić information content (AvgIpc) is 2.55. The van der Waals surface area contributed by atoms with Crippen LogP contribution >= 0.6 is 0 Å². The molecule has 0 amide bonds. The topological polar surface area (TPSA) is 38.8 Å². The van der Waals surface area contributed by atoms with Crippen molar-refractivity contribution in [2.75, 3.05) is 25.7 Å². The lowest BCUT2D eigenvalue weighted by Crippen LogP contribution is -2.27. The fourth-order valence-electron chi connectivity index (χ4n) is 2.63. The second kappa shape index (κ2) is 5.48. The zero-order chi connectivity index (χ0) is 14.8. The Morgan fingerprint density at radius 1 is 1.00 bits per heavy atom. The maximum Gasteiger partial charge on any atom is 0.166 e. The standard InChI is InChI=1S/C17H17NO3/c1-20-13-9-12(10-14(11-13)21-2)18-8-7-17(19)15-5-3-4-6-16(15)18/h3-6,9-11H,7-8H2,1-2H3. The van der Waals surface area contributed by atoms with Gasteiger partial charge in [-0.2, -0.15) is 0 Å². The van der Waals surface area contributed by atoms with Crippen LogP contribution < -0.4 is 14.4 Å². The number of hydrogen-bond acceptors (Lipinski definition) is 4. The van der Waals surface area contributed by atoms with Gasteiger partial charge in [-0.25, -0.2) is 0 Å². The molecule has 2 aromatic carbocycles. The van der Waals surface area contributed by atoms with Crippen LogP contribution in [0.15, 0.2) is 42.5 Å². The number of Topliss-reactive ketones (excluding diaryl/α,β-unsaturated/α-hetero) is 1. The summed E-state index contributed by atoms with van der Waals surface area (Å²) in [7, 11) is 3.26. The van der Waals surface area contributed by atoms with Gasteiger partial charge >= 0.3 is 0 Å². The SMILES string of the molecule is COc1cc(OC)cc(N2CCC(=O)c3ccccc32)c1. The molecule has 0 saturated carbocycles. The first-order valence-electron chi connectivity index (χ1n) is 6.86. The summed E-state index contributed by atoms with van der Waals surface area (Å²) in [6.07, 6.45) is 0.510. The number of carbonyl (C=O) groups excluding carboxylic acids is 1. The molecule has 0 fully saturated rings. The van der Waals surface area contributed by atoms with Crippen LogP contribution in [0.2, 0.25) is 0 Å². The second-order valence-corrected chi connectivity index (χ2v) is 4.91. The maximum absolute atomic E-state index is 12.0. The zero-order valence-corrected chi connectivity index (χ0v) is 12.1. The number of anilines is 2. The van der Waals surface area contributed by atoms with E-state index in [4.69, 9.17) is 9.47 Å². The fraction of sp³-hybridized carbons (Fsp3) is 0.235. The van der Waals surface area contributed by atoms with E-state index in [1.165, 1.54) is 0 Å². The van der Waals surface area contributed by atoms with Gasteiger partial charge in [0.15, 0.2) is 5.78 Å². The molecule has 0 spiro atoms. The Kier molecular flexibility index (Phi) is 3.52. The van der Waals surface area contributed by atoms with Crippen LogP contribution in [0, 0.1) is 0 Å². The third kappa shape index (κ3) is 2.44. The van der Waals surface area contributed by atoms with E-state index in [0.717, 1.165) is 28.4 Å².